The van der Waals surface area contributed by atoms with Gasteiger partial charge >= 0.3 is 5.69 Å². The molecule has 0 spiro atoms. The molecule has 0 bridgehead atoms. The van der Waals surface area contributed by atoms with Crippen LogP contribution in [0.3, 0.4) is 0 Å². The normalized spacial score (nSPS) is 11.1. The van der Waals surface area contributed by atoms with Crippen LogP contribution in [0.25, 0.3) is 0 Å². The van der Waals surface area contributed by atoms with Crippen molar-refractivity contribution < 1.29 is 4.79 Å². The summed E-state index contributed by atoms with van der Waals surface area (Å²) in [6.07, 6.45) is 3.47. The maximum atomic E-state index is 13.4. The van der Waals surface area contributed by atoms with Crippen molar-refractivity contribution >= 4 is 40.8 Å². The molecule has 0 saturated heterocycles. The highest BCUT2D eigenvalue weighted by atomic mass is 35.5. The van der Waals surface area contributed by atoms with Gasteiger partial charge < -0.3 is 10.6 Å². The van der Waals surface area contributed by atoms with E-state index in [0.29, 0.717) is 6.54 Å². The van der Waals surface area contributed by atoms with Gasteiger partial charge in [-0.2, -0.15) is 0 Å². The second-order valence-corrected chi connectivity index (χ2v) is 8.44. The molecule has 0 aliphatic rings. The molecule has 1 heterocycles. The third-order valence-electron chi connectivity index (χ3n) is 4.42. The molecule has 1 aromatic heterocycles. The largest absolute Gasteiger partial charge is 0.383 e. The van der Waals surface area contributed by atoms with Crippen molar-refractivity contribution in [3.8, 4) is 0 Å². The fourth-order valence-electron chi connectivity index (χ4n) is 2.96. The number of benzene rings is 1. The smallest absolute Gasteiger partial charge is 0.330 e. The number of carbonyl (C=O) groups is 1. The van der Waals surface area contributed by atoms with Gasteiger partial charge in [0.15, 0.2) is 5.69 Å². The van der Waals surface area contributed by atoms with Crippen LogP contribution in [0.5, 0.6) is 0 Å². The van der Waals surface area contributed by atoms with Crippen molar-refractivity contribution in [2.24, 2.45) is 5.92 Å². The number of carbonyl (C=O) groups excluding carboxylic acids is 1. The van der Waals surface area contributed by atoms with Crippen LogP contribution in [-0.4, -0.2) is 28.3 Å². The van der Waals surface area contributed by atoms with Gasteiger partial charge in [-0.15, -0.1) is 11.8 Å². The molecule has 0 atom stereocenters. The first kappa shape index (κ1) is 23.1. The number of nitrogens with zero attached hydrogens (tertiary/aromatic N) is 2. The molecule has 3 N–H and O–H groups in total. The first-order chi connectivity index (χ1) is 13.7. The van der Waals surface area contributed by atoms with Gasteiger partial charge in [-0.3, -0.25) is 19.1 Å². The molecule has 0 unspecified atom stereocenters. The number of aromatic nitrogens is 2. The zero-order chi connectivity index (χ0) is 21.7. The zero-order valence-electron chi connectivity index (χ0n) is 17.1. The molecule has 0 radical (unpaired) electrons. The molecule has 0 aliphatic carbocycles. The molecule has 2 aromatic rings. The second kappa shape index (κ2) is 10.0. The van der Waals surface area contributed by atoms with Gasteiger partial charge in [-0.25, -0.2) is 4.79 Å². The minimum atomic E-state index is -0.689. The Morgan fingerprint density at radius 1 is 1.34 bits per heavy atom. The van der Waals surface area contributed by atoms with Gasteiger partial charge in [0.1, 0.15) is 5.82 Å². The molecule has 1 aromatic carbocycles. The second-order valence-electron chi connectivity index (χ2n) is 7.15. The standard InChI is InChI=1S/C20H27ClN4O3S/c1-5-6-9-24-17(22)16(18(26)23-20(24)28)25(11-12(2)3)19(27)14-10-13(29-4)7-8-15(14)21/h7-8,10,12H,5-6,9,11,22H2,1-4H3,(H,23,26,28). The molecule has 1 amide bonds. The van der Waals surface area contributed by atoms with Crippen LogP contribution in [0.2, 0.25) is 5.02 Å². The lowest BCUT2D eigenvalue weighted by molar-refractivity contribution is 0.0983. The van der Waals surface area contributed by atoms with E-state index in [-0.39, 0.29) is 34.6 Å². The van der Waals surface area contributed by atoms with Gasteiger partial charge in [0, 0.05) is 18.0 Å². The minimum Gasteiger partial charge on any atom is -0.383 e. The van der Waals surface area contributed by atoms with E-state index < -0.39 is 17.2 Å². The van der Waals surface area contributed by atoms with E-state index in [1.807, 2.05) is 33.1 Å². The topological polar surface area (TPSA) is 101 Å². The summed E-state index contributed by atoms with van der Waals surface area (Å²) in [7, 11) is 0. The monoisotopic (exact) mass is 438 g/mol. The zero-order valence-corrected chi connectivity index (χ0v) is 18.7. The number of aromatic amines is 1. The van der Waals surface area contributed by atoms with Crippen LogP contribution in [0.4, 0.5) is 11.5 Å². The number of halogens is 1. The van der Waals surface area contributed by atoms with E-state index >= 15 is 0 Å². The fraction of sp³-hybridized carbons (Fsp3) is 0.450. The summed E-state index contributed by atoms with van der Waals surface area (Å²) in [5, 5.41) is 0.288. The summed E-state index contributed by atoms with van der Waals surface area (Å²) in [5.74, 6) is -0.396. The van der Waals surface area contributed by atoms with Gasteiger partial charge in [-0.1, -0.05) is 38.8 Å². The van der Waals surface area contributed by atoms with Gasteiger partial charge in [0.05, 0.1) is 10.6 Å². The number of hydrogen-bond donors (Lipinski definition) is 2. The number of unbranched alkanes of at least 4 members (excludes halogenated alkanes) is 1. The lowest BCUT2D eigenvalue weighted by Gasteiger charge is -2.26. The number of H-pyrrole nitrogens is 1. The molecule has 158 valence electrons. The summed E-state index contributed by atoms with van der Waals surface area (Å²) >= 11 is 7.77. The molecule has 0 fully saturated rings. The summed E-state index contributed by atoms with van der Waals surface area (Å²) in [4.78, 5) is 42.8. The maximum absolute atomic E-state index is 13.4. The highest BCUT2D eigenvalue weighted by Crippen LogP contribution is 2.27. The predicted octanol–water partition coefficient (Wildman–Crippen LogP) is 3.60. The van der Waals surface area contributed by atoms with Crippen LogP contribution >= 0.6 is 23.4 Å². The average molecular weight is 439 g/mol. The predicted molar refractivity (Wildman–Crippen MR) is 120 cm³/mol. The van der Waals surface area contributed by atoms with Crippen molar-refractivity contribution in [1.29, 1.82) is 0 Å². The Morgan fingerprint density at radius 3 is 2.62 bits per heavy atom. The summed E-state index contributed by atoms with van der Waals surface area (Å²) in [6, 6.07) is 5.17. The van der Waals surface area contributed by atoms with E-state index in [4.69, 9.17) is 17.3 Å². The third-order valence-corrected chi connectivity index (χ3v) is 5.47. The van der Waals surface area contributed by atoms with Crippen LogP contribution in [0, 0.1) is 5.92 Å². The lowest BCUT2D eigenvalue weighted by atomic mass is 10.1. The number of nitrogen functional groups attached to an aromatic ring is 1. The fourth-order valence-corrected chi connectivity index (χ4v) is 3.60. The number of hydrogen-bond acceptors (Lipinski definition) is 5. The molecular weight excluding hydrogens is 412 g/mol. The minimum absolute atomic E-state index is 0.0154. The number of thioether (sulfide) groups is 1. The summed E-state index contributed by atoms with van der Waals surface area (Å²) < 4.78 is 1.31. The Kier molecular flexibility index (Phi) is 7.98. The first-order valence-corrected chi connectivity index (χ1v) is 11.1. The number of nitrogens with two attached hydrogens (primary N) is 1. The molecule has 7 nitrogen and oxygen atoms in total. The number of amides is 1. The van der Waals surface area contributed by atoms with Crippen molar-refractivity contribution in [2.75, 3.05) is 23.4 Å². The van der Waals surface area contributed by atoms with Gasteiger partial charge in [-0.05, 0) is 36.8 Å². The van der Waals surface area contributed by atoms with Crippen LogP contribution < -0.4 is 21.9 Å². The quantitative estimate of drug-likeness (QED) is 0.613. The van der Waals surface area contributed by atoms with Crippen LogP contribution in [-0.2, 0) is 6.54 Å². The number of rotatable bonds is 8. The van der Waals surface area contributed by atoms with E-state index in [1.54, 1.807) is 12.1 Å². The van der Waals surface area contributed by atoms with Gasteiger partial charge in [0.2, 0.25) is 0 Å². The van der Waals surface area contributed by atoms with Crippen molar-refractivity contribution in [2.45, 2.75) is 45.1 Å². The highest BCUT2D eigenvalue weighted by molar-refractivity contribution is 7.98. The Bertz CT molecular complexity index is 1000. The maximum Gasteiger partial charge on any atom is 0.330 e. The Hall–Kier alpha value is -2.19. The Balaban J connectivity index is 2.66. The Morgan fingerprint density at radius 2 is 2.03 bits per heavy atom. The number of nitrogens with one attached hydrogen (secondary N) is 1. The molecular formula is C20H27ClN4O3S. The molecule has 9 heteroatoms. The SMILES string of the molecule is CCCCn1c(N)c(N(CC(C)C)C(=O)c2cc(SC)ccc2Cl)c(=O)[nH]c1=O. The summed E-state index contributed by atoms with van der Waals surface area (Å²) in [5.41, 5.74) is 5.21. The first-order valence-electron chi connectivity index (χ1n) is 9.49. The molecule has 2 rings (SSSR count). The lowest BCUT2D eigenvalue weighted by Crippen LogP contribution is -2.42. The average Bonchev–Trinajstić information content (AvgIpc) is 2.66. The van der Waals surface area contributed by atoms with Crippen molar-refractivity contribution in [3.05, 3.63) is 49.6 Å². The Labute approximate surface area is 179 Å². The molecule has 0 aliphatic heterocycles. The van der Waals surface area contributed by atoms with Crippen LogP contribution in [0.15, 0.2) is 32.7 Å². The van der Waals surface area contributed by atoms with Crippen LogP contribution in [0.1, 0.15) is 44.0 Å². The number of anilines is 2. The van der Waals surface area contributed by atoms with E-state index in [0.717, 1.165) is 17.7 Å². The van der Waals surface area contributed by atoms with E-state index in [1.165, 1.54) is 21.2 Å². The highest BCUT2D eigenvalue weighted by Gasteiger charge is 2.27. The third kappa shape index (κ3) is 5.25. The van der Waals surface area contributed by atoms with Crippen molar-refractivity contribution in [3.63, 3.8) is 0 Å². The van der Waals surface area contributed by atoms with Gasteiger partial charge in [0.25, 0.3) is 11.5 Å². The molecule has 0 saturated carbocycles. The van der Waals surface area contributed by atoms with E-state index in [9.17, 15) is 14.4 Å². The van der Waals surface area contributed by atoms with Crippen molar-refractivity contribution in [1.82, 2.24) is 9.55 Å². The summed E-state index contributed by atoms with van der Waals surface area (Å²) in [6.45, 7) is 6.45. The molecule has 29 heavy (non-hydrogen) atoms. The van der Waals surface area contributed by atoms with E-state index in [2.05, 4.69) is 4.98 Å².